The zero-order chi connectivity index (χ0) is 29.9. The quantitative estimate of drug-likeness (QED) is 0.350. The Hall–Kier alpha value is -3.06. The van der Waals surface area contributed by atoms with Gasteiger partial charge in [0.05, 0.1) is 60.4 Å². The summed E-state index contributed by atoms with van der Waals surface area (Å²) in [7, 11) is 9.21. The summed E-state index contributed by atoms with van der Waals surface area (Å²) in [5, 5.41) is 3.06. The fourth-order valence-electron chi connectivity index (χ4n) is 6.43. The van der Waals surface area contributed by atoms with Gasteiger partial charge < -0.3 is 14.3 Å². The van der Waals surface area contributed by atoms with Crippen LogP contribution >= 0.6 is 0 Å². The summed E-state index contributed by atoms with van der Waals surface area (Å²) in [6, 6.07) is 22.0. The molecule has 2 aliphatic rings. The number of benzene rings is 3. The SMILES string of the molecule is C[C@H]1CN(Cc2cccc(-c3cc(CNC(=O)c4cccc(CC5CC[N+](C)(C)CC5)c4)ccc3F)c2)CC[N+]1(C)C. The second-order valence-corrected chi connectivity index (χ2v) is 14.0. The minimum Gasteiger partial charge on any atom is -0.348 e. The van der Waals surface area contributed by atoms with E-state index in [0.717, 1.165) is 52.7 Å². The van der Waals surface area contributed by atoms with Crippen LogP contribution in [0, 0.1) is 11.7 Å². The molecule has 224 valence electrons. The number of nitrogens with one attached hydrogen (secondary N) is 1. The van der Waals surface area contributed by atoms with Gasteiger partial charge in [0.25, 0.3) is 5.91 Å². The molecule has 2 heterocycles. The Bertz CT molecular complexity index is 1390. The van der Waals surface area contributed by atoms with Crippen LogP contribution in [0.25, 0.3) is 11.1 Å². The molecule has 0 unspecified atom stereocenters. The number of nitrogens with zero attached hydrogens (tertiary/aromatic N) is 3. The monoisotopic (exact) mass is 572 g/mol. The number of hydrogen-bond donors (Lipinski definition) is 1. The lowest BCUT2D eigenvalue weighted by molar-refractivity contribution is -0.917. The maximum atomic E-state index is 15.0. The Morgan fingerprint density at radius 2 is 1.64 bits per heavy atom. The van der Waals surface area contributed by atoms with Crippen LogP contribution in [0.2, 0.25) is 0 Å². The minimum atomic E-state index is -0.245. The molecule has 0 aromatic heterocycles. The molecule has 0 bridgehead atoms. The van der Waals surface area contributed by atoms with Crippen molar-refractivity contribution < 1.29 is 18.2 Å². The third-order valence-corrected chi connectivity index (χ3v) is 9.84. The molecular formula is C36H49FN4O+2. The van der Waals surface area contributed by atoms with Gasteiger partial charge in [0.2, 0.25) is 0 Å². The van der Waals surface area contributed by atoms with Gasteiger partial charge in [-0.25, -0.2) is 4.39 Å². The van der Waals surface area contributed by atoms with Gasteiger partial charge in [0.1, 0.15) is 5.82 Å². The molecule has 0 radical (unpaired) electrons. The number of carbonyl (C=O) groups excluding carboxylic acids is 1. The lowest BCUT2D eigenvalue weighted by Gasteiger charge is -2.44. The van der Waals surface area contributed by atoms with Crippen molar-refractivity contribution in [2.75, 3.05) is 60.9 Å². The van der Waals surface area contributed by atoms with Gasteiger partial charge in [-0.05, 0) is 84.7 Å². The van der Waals surface area contributed by atoms with E-state index >= 15 is 4.39 Å². The third kappa shape index (κ3) is 7.66. The summed E-state index contributed by atoms with van der Waals surface area (Å²) >= 11 is 0. The molecule has 5 nitrogen and oxygen atoms in total. The van der Waals surface area contributed by atoms with Crippen LogP contribution in [0.1, 0.15) is 46.8 Å². The van der Waals surface area contributed by atoms with Crippen molar-refractivity contribution in [3.8, 4) is 11.1 Å². The van der Waals surface area contributed by atoms with Crippen LogP contribution in [-0.2, 0) is 19.5 Å². The predicted molar refractivity (Wildman–Crippen MR) is 169 cm³/mol. The van der Waals surface area contributed by atoms with E-state index in [0.29, 0.717) is 29.6 Å². The normalized spacial score (nSPS) is 20.8. The number of carbonyl (C=O) groups is 1. The zero-order valence-corrected chi connectivity index (χ0v) is 26.2. The van der Waals surface area contributed by atoms with E-state index < -0.39 is 0 Å². The fraction of sp³-hybridized carbons (Fsp3) is 0.472. The van der Waals surface area contributed by atoms with E-state index in [2.05, 4.69) is 63.5 Å². The number of quaternary nitrogens is 2. The number of piperidine rings is 1. The van der Waals surface area contributed by atoms with Crippen LogP contribution in [0.4, 0.5) is 4.39 Å². The summed E-state index contributed by atoms with van der Waals surface area (Å²) in [5.74, 6) is 0.342. The minimum absolute atomic E-state index is 0.0938. The molecule has 2 aliphatic heterocycles. The van der Waals surface area contributed by atoms with Crippen LogP contribution in [0.15, 0.2) is 66.7 Å². The molecule has 3 aromatic rings. The molecule has 6 heteroatoms. The van der Waals surface area contributed by atoms with Crippen LogP contribution < -0.4 is 5.32 Å². The number of halogens is 1. The van der Waals surface area contributed by atoms with Gasteiger partial charge in [0.15, 0.2) is 0 Å². The van der Waals surface area contributed by atoms with Crippen LogP contribution in [0.5, 0.6) is 0 Å². The highest BCUT2D eigenvalue weighted by molar-refractivity contribution is 5.94. The standard InChI is InChI=1S/C36H48FN4O/c1-27-25-39(16-19-41(27,4)5)26-31-9-7-10-32(22-31)34-23-30(12-13-35(34)37)24-38-36(42)33-11-6-8-29(21-33)20-28-14-17-40(2,3)18-15-28/h6-13,21-23,27-28H,14-20,24-26H2,1-5H3/q+1/p+1/t27-/m0/s1. The van der Waals surface area contributed by atoms with Crippen molar-refractivity contribution in [1.29, 1.82) is 0 Å². The van der Waals surface area contributed by atoms with Gasteiger partial charge >= 0.3 is 0 Å². The number of rotatable bonds is 8. The second kappa shape index (κ2) is 12.7. The van der Waals surface area contributed by atoms with Gasteiger partial charge in [-0.15, -0.1) is 0 Å². The maximum absolute atomic E-state index is 15.0. The Labute approximate surface area is 252 Å². The number of likely N-dealkylation sites (tertiary alicyclic amines) is 1. The number of hydrogen-bond acceptors (Lipinski definition) is 2. The molecule has 3 aromatic carbocycles. The molecule has 1 atom stereocenters. The summed E-state index contributed by atoms with van der Waals surface area (Å²) in [6.45, 7) is 9.21. The average Bonchev–Trinajstić information content (AvgIpc) is 2.96. The summed E-state index contributed by atoms with van der Waals surface area (Å²) in [6.07, 6.45) is 3.48. The highest BCUT2D eigenvalue weighted by Crippen LogP contribution is 2.27. The first-order chi connectivity index (χ1) is 20.0. The van der Waals surface area contributed by atoms with Crippen LogP contribution in [0.3, 0.4) is 0 Å². The number of amides is 1. The van der Waals surface area contributed by atoms with Crippen LogP contribution in [-0.4, -0.2) is 86.7 Å². The first kappa shape index (κ1) is 30.4. The molecule has 0 saturated carbocycles. The molecule has 5 rings (SSSR count). The van der Waals surface area contributed by atoms with Crippen molar-refractivity contribution in [1.82, 2.24) is 10.2 Å². The van der Waals surface area contributed by atoms with E-state index in [9.17, 15) is 4.79 Å². The van der Waals surface area contributed by atoms with Gasteiger partial charge in [-0.2, -0.15) is 0 Å². The van der Waals surface area contributed by atoms with E-state index in [-0.39, 0.29) is 11.7 Å². The summed E-state index contributed by atoms with van der Waals surface area (Å²) < 4.78 is 17.2. The topological polar surface area (TPSA) is 32.3 Å². The number of likely N-dealkylation sites (N-methyl/N-ethyl adjacent to an activating group) is 1. The summed E-state index contributed by atoms with van der Waals surface area (Å²) in [4.78, 5) is 15.6. The first-order valence-electron chi connectivity index (χ1n) is 15.6. The molecule has 42 heavy (non-hydrogen) atoms. The summed E-state index contributed by atoms with van der Waals surface area (Å²) in [5.41, 5.74) is 5.44. The Kier molecular flexibility index (Phi) is 9.17. The third-order valence-electron chi connectivity index (χ3n) is 9.84. The first-order valence-corrected chi connectivity index (χ1v) is 15.6. The van der Waals surface area contributed by atoms with Crippen molar-refractivity contribution in [3.63, 3.8) is 0 Å². The number of piperazine rings is 1. The highest BCUT2D eigenvalue weighted by atomic mass is 19.1. The smallest absolute Gasteiger partial charge is 0.251 e. The molecule has 2 saturated heterocycles. The zero-order valence-electron chi connectivity index (χ0n) is 26.2. The predicted octanol–water partition coefficient (Wildman–Crippen LogP) is 5.73. The Balaban J connectivity index is 1.20. The average molecular weight is 573 g/mol. The van der Waals surface area contributed by atoms with E-state index in [1.54, 1.807) is 6.07 Å². The molecule has 0 spiro atoms. The van der Waals surface area contributed by atoms with E-state index in [4.69, 9.17) is 0 Å². The Morgan fingerprint density at radius 1 is 0.905 bits per heavy atom. The lowest BCUT2D eigenvalue weighted by atomic mass is 9.89. The van der Waals surface area contributed by atoms with Crippen molar-refractivity contribution in [2.24, 2.45) is 5.92 Å². The van der Waals surface area contributed by atoms with Gasteiger partial charge in [-0.1, -0.05) is 36.4 Å². The van der Waals surface area contributed by atoms with Gasteiger partial charge in [-0.3, -0.25) is 9.69 Å². The molecule has 0 aliphatic carbocycles. The molecule has 1 N–H and O–H groups in total. The Morgan fingerprint density at radius 3 is 2.40 bits per heavy atom. The van der Waals surface area contributed by atoms with Crippen molar-refractivity contribution >= 4 is 5.91 Å². The van der Waals surface area contributed by atoms with Gasteiger partial charge in [0, 0.05) is 30.8 Å². The van der Waals surface area contributed by atoms with Crippen molar-refractivity contribution in [2.45, 2.75) is 45.3 Å². The molecule has 1 amide bonds. The highest BCUT2D eigenvalue weighted by Gasteiger charge is 2.31. The van der Waals surface area contributed by atoms with E-state index in [1.807, 2.05) is 36.4 Å². The van der Waals surface area contributed by atoms with E-state index in [1.165, 1.54) is 43.1 Å². The molecular weight excluding hydrogens is 523 g/mol. The fourth-order valence-corrected chi connectivity index (χ4v) is 6.43. The molecule has 2 fully saturated rings. The lowest BCUT2D eigenvalue weighted by Crippen LogP contribution is -2.59. The maximum Gasteiger partial charge on any atom is 0.251 e. The second-order valence-electron chi connectivity index (χ2n) is 14.0. The van der Waals surface area contributed by atoms with Crippen molar-refractivity contribution in [3.05, 3.63) is 94.8 Å². The largest absolute Gasteiger partial charge is 0.348 e.